The molecule has 28 heavy (non-hydrogen) atoms. The molecule has 6 nitrogen and oxygen atoms in total. The maximum Gasteiger partial charge on any atom is 0.330 e. The van der Waals surface area contributed by atoms with E-state index in [9.17, 15) is 14.4 Å². The first-order valence-electron chi connectivity index (χ1n) is 8.78. The third kappa shape index (κ3) is 6.92. The fraction of sp³-hybridized carbons (Fsp3) is 0.136. The minimum atomic E-state index is -0.436. The second-order valence-electron chi connectivity index (χ2n) is 5.81. The molecular formula is C22H22N2O4. The largest absolute Gasteiger partial charge is 0.463 e. The lowest BCUT2D eigenvalue weighted by Gasteiger charge is -2.10. The fourth-order valence-corrected chi connectivity index (χ4v) is 2.29. The molecular weight excluding hydrogens is 356 g/mol. The number of carbonyl (C=O) groups is 3. The summed E-state index contributed by atoms with van der Waals surface area (Å²) in [5, 5.41) is 5.29. The first kappa shape index (κ1) is 20.6. The number of hydrogen-bond acceptors (Lipinski definition) is 4. The van der Waals surface area contributed by atoms with Crippen LogP contribution in [0, 0.1) is 0 Å². The molecule has 0 aromatic heterocycles. The van der Waals surface area contributed by atoms with E-state index in [1.54, 1.807) is 43.3 Å². The molecule has 0 aliphatic carbocycles. The number of nitrogens with one attached hydrogen (secondary N) is 2. The zero-order valence-electron chi connectivity index (χ0n) is 15.8. The average Bonchev–Trinajstić information content (AvgIpc) is 2.67. The standard InChI is InChI=1S/C22H22N2O4/c1-3-28-21(26)14-11-17-9-12-19(13-10-17)24-22(27)20(23-16(2)25)15-18-7-5-4-6-8-18/h4-15H,3H2,1-2H3,(H,23,25)(H,24,27)/b14-11+,20-15-. The van der Waals surface area contributed by atoms with Crippen LogP contribution in [0.4, 0.5) is 5.69 Å². The van der Waals surface area contributed by atoms with Crippen LogP contribution in [0.5, 0.6) is 0 Å². The van der Waals surface area contributed by atoms with E-state index in [1.165, 1.54) is 13.0 Å². The maximum atomic E-state index is 12.6. The molecule has 0 unspecified atom stereocenters. The van der Waals surface area contributed by atoms with Crippen molar-refractivity contribution in [1.29, 1.82) is 0 Å². The molecule has 0 heterocycles. The van der Waals surface area contributed by atoms with Crippen LogP contribution in [-0.4, -0.2) is 24.4 Å². The van der Waals surface area contributed by atoms with E-state index in [0.717, 1.165) is 11.1 Å². The summed E-state index contributed by atoms with van der Waals surface area (Å²) in [4.78, 5) is 35.3. The van der Waals surface area contributed by atoms with Gasteiger partial charge in [-0.25, -0.2) is 4.79 Å². The molecule has 144 valence electrons. The number of hydrogen-bond donors (Lipinski definition) is 2. The number of carbonyl (C=O) groups excluding carboxylic acids is 3. The second-order valence-corrected chi connectivity index (χ2v) is 5.81. The molecule has 0 spiro atoms. The van der Waals surface area contributed by atoms with E-state index in [2.05, 4.69) is 10.6 Å². The van der Waals surface area contributed by atoms with Gasteiger partial charge in [0.2, 0.25) is 5.91 Å². The van der Waals surface area contributed by atoms with Gasteiger partial charge in [-0.1, -0.05) is 42.5 Å². The number of esters is 1. The van der Waals surface area contributed by atoms with Crippen molar-refractivity contribution >= 4 is 35.6 Å². The zero-order valence-corrected chi connectivity index (χ0v) is 15.8. The van der Waals surface area contributed by atoms with Gasteiger partial charge in [-0.05, 0) is 42.3 Å². The van der Waals surface area contributed by atoms with Gasteiger partial charge in [-0.3, -0.25) is 9.59 Å². The highest BCUT2D eigenvalue weighted by Gasteiger charge is 2.11. The van der Waals surface area contributed by atoms with Gasteiger partial charge in [0.1, 0.15) is 5.70 Å². The lowest BCUT2D eigenvalue weighted by Crippen LogP contribution is -2.28. The Labute approximate surface area is 163 Å². The van der Waals surface area contributed by atoms with Crippen molar-refractivity contribution in [3.63, 3.8) is 0 Å². The van der Waals surface area contributed by atoms with Crippen molar-refractivity contribution in [1.82, 2.24) is 5.32 Å². The third-order valence-corrected chi connectivity index (χ3v) is 3.53. The fourth-order valence-electron chi connectivity index (χ4n) is 2.29. The van der Waals surface area contributed by atoms with Crippen molar-refractivity contribution in [3.8, 4) is 0 Å². The highest BCUT2D eigenvalue weighted by molar-refractivity contribution is 6.08. The van der Waals surface area contributed by atoms with Crippen molar-refractivity contribution < 1.29 is 19.1 Å². The zero-order chi connectivity index (χ0) is 20.4. The minimum Gasteiger partial charge on any atom is -0.463 e. The van der Waals surface area contributed by atoms with Crippen molar-refractivity contribution in [2.45, 2.75) is 13.8 Å². The normalized spacial score (nSPS) is 11.1. The number of rotatable bonds is 7. The van der Waals surface area contributed by atoms with Crippen molar-refractivity contribution in [2.24, 2.45) is 0 Å². The van der Waals surface area contributed by atoms with Gasteiger partial charge in [0.15, 0.2) is 0 Å². The molecule has 0 saturated carbocycles. The lowest BCUT2D eigenvalue weighted by atomic mass is 10.1. The van der Waals surface area contributed by atoms with Crippen LogP contribution in [0.25, 0.3) is 12.2 Å². The van der Waals surface area contributed by atoms with Crippen molar-refractivity contribution in [3.05, 3.63) is 77.5 Å². The molecule has 0 bridgehead atoms. The van der Waals surface area contributed by atoms with E-state index in [4.69, 9.17) is 4.74 Å². The molecule has 2 aromatic carbocycles. The summed E-state index contributed by atoms with van der Waals surface area (Å²) in [6.45, 7) is 3.41. The van der Waals surface area contributed by atoms with Crippen LogP contribution in [0.15, 0.2) is 66.4 Å². The monoisotopic (exact) mass is 378 g/mol. The molecule has 0 atom stereocenters. The van der Waals surface area contributed by atoms with Crippen LogP contribution in [-0.2, 0) is 19.1 Å². The Bertz CT molecular complexity index is 885. The van der Waals surface area contributed by atoms with Crippen LogP contribution < -0.4 is 10.6 Å². The number of anilines is 1. The van der Waals surface area contributed by atoms with Crippen LogP contribution in [0.2, 0.25) is 0 Å². The van der Waals surface area contributed by atoms with E-state index < -0.39 is 11.9 Å². The Hall–Kier alpha value is -3.67. The van der Waals surface area contributed by atoms with Gasteiger partial charge in [-0.15, -0.1) is 0 Å². The summed E-state index contributed by atoms with van der Waals surface area (Å²) in [5.74, 6) is -1.18. The van der Waals surface area contributed by atoms with Gasteiger partial charge in [0.25, 0.3) is 5.91 Å². The molecule has 0 fully saturated rings. The van der Waals surface area contributed by atoms with Gasteiger partial charge in [-0.2, -0.15) is 0 Å². The summed E-state index contributed by atoms with van der Waals surface area (Å²) in [7, 11) is 0. The molecule has 0 aliphatic rings. The molecule has 6 heteroatoms. The molecule has 0 saturated heterocycles. The Balaban J connectivity index is 2.09. The molecule has 2 amide bonds. The van der Waals surface area contributed by atoms with E-state index in [0.29, 0.717) is 12.3 Å². The van der Waals surface area contributed by atoms with Gasteiger partial charge in [0, 0.05) is 18.7 Å². The smallest absolute Gasteiger partial charge is 0.330 e. The van der Waals surface area contributed by atoms with Crippen LogP contribution >= 0.6 is 0 Å². The minimum absolute atomic E-state index is 0.144. The predicted molar refractivity (Wildman–Crippen MR) is 109 cm³/mol. The molecule has 2 aromatic rings. The Morgan fingerprint density at radius 3 is 2.25 bits per heavy atom. The first-order chi connectivity index (χ1) is 13.5. The summed E-state index contributed by atoms with van der Waals surface area (Å²) < 4.78 is 4.82. The summed E-state index contributed by atoms with van der Waals surface area (Å²) in [6.07, 6.45) is 4.57. The average molecular weight is 378 g/mol. The number of amides is 2. The third-order valence-electron chi connectivity index (χ3n) is 3.53. The van der Waals surface area contributed by atoms with Crippen molar-refractivity contribution in [2.75, 3.05) is 11.9 Å². The number of benzene rings is 2. The van der Waals surface area contributed by atoms with Gasteiger partial charge >= 0.3 is 5.97 Å². The Kier molecular flexibility index (Phi) is 7.72. The van der Waals surface area contributed by atoms with Crippen LogP contribution in [0.1, 0.15) is 25.0 Å². The lowest BCUT2D eigenvalue weighted by molar-refractivity contribution is -0.137. The Morgan fingerprint density at radius 2 is 1.64 bits per heavy atom. The Morgan fingerprint density at radius 1 is 0.964 bits per heavy atom. The summed E-state index contributed by atoms with van der Waals surface area (Å²) in [5.41, 5.74) is 2.28. The van der Waals surface area contributed by atoms with Gasteiger partial charge in [0.05, 0.1) is 6.61 Å². The quantitative estimate of drug-likeness (QED) is 0.571. The number of ether oxygens (including phenoxy) is 1. The molecule has 2 N–H and O–H groups in total. The molecule has 0 radical (unpaired) electrons. The maximum absolute atomic E-state index is 12.6. The summed E-state index contributed by atoms with van der Waals surface area (Å²) in [6, 6.07) is 16.1. The molecule has 2 rings (SSSR count). The highest BCUT2D eigenvalue weighted by atomic mass is 16.5. The summed E-state index contributed by atoms with van der Waals surface area (Å²) >= 11 is 0. The topological polar surface area (TPSA) is 84.5 Å². The predicted octanol–water partition coefficient (Wildman–Crippen LogP) is 3.38. The van der Waals surface area contributed by atoms with E-state index >= 15 is 0 Å². The van der Waals surface area contributed by atoms with E-state index in [1.807, 2.05) is 30.3 Å². The second kappa shape index (κ2) is 10.5. The molecule has 0 aliphatic heterocycles. The van der Waals surface area contributed by atoms with Gasteiger partial charge < -0.3 is 15.4 Å². The highest BCUT2D eigenvalue weighted by Crippen LogP contribution is 2.13. The van der Waals surface area contributed by atoms with Crippen LogP contribution in [0.3, 0.4) is 0 Å². The first-order valence-corrected chi connectivity index (χ1v) is 8.78. The van der Waals surface area contributed by atoms with E-state index in [-0.39, 0.29) is 11.6 Å². The SMILES string of the molecule is CCOC(=O)/C=C/c1ccc(NC(=O)/C(=C/c2ccccc2)NC(C)=O)cc1.